The zero-order valence-electron chi connectivity index (χ0n) is 7.04. The van der Waals surface area contributed by atoms with Gasteiger partial charge in [0.1, 0.15) is 6.42 Å². The van der Waals surface area contributed by atoms with E-state index in [1.807, 2.05) is 0 Å². The van der Waals surface area contributed by atoms with Crippen LogP contribution in [-0.2, 0) is 0 Å². The molecule has 0 fully saturated rings. The van der Waals surface area contributed by atoms with Gasteiger partial charge in [0.2, 0.25) is 0 Å². The van der Waals surface area contributed by atoms with E-state index in [4.69, 9.17) is 0 Å². The highest BCUT2D eigenvalue weighted by Crippen LogP contribution is 2.21. The van der Waals surface area contributed by atoms with E-state index in [1.165, 1.54) is 24.3 Å². The smallest absolute Gasteiger partial charge is 0.294 e. The summed E-state index contributed by atoms with van der Waals surface area (Å²) < 4.78 is 35.3. The minimum absolute atomic E-state index is 0. The highest BCUT2D eigenvalue weighted by Gasteiger charge is 2.31. The molecule has 0 heterocycles. The molecule has 0 saturated carbocycles. The van der Waals surface area contributed by atoms with Crippen molar-refractivity contribution in [2.45, 2.75) is 12.6 Å². The monoisotopic (exact) mass is 224 g/mol. The lowest BCUT2D eigenvalue weighted by Crippen LogP contribution is -2.14. The summed E-state index contributed by atoms with van der Waals surface area (Å²) in [5.41, 5.74) is 0.0971. The molecule has 0 aliphatic heterocycles. The third-order valence-electron chi connectivity index (χ3n) is 1.46. The van der Waals surface area contributed by atoms with Gasteiger partial charge in [-0.15, -0.1) is 12.4 Å². The van der Waals surface area contributed by atoms with Crippen molar-refractivity contribution < 1.29 is 18.0 Å². The van der Waals surface area contributed by atoms with Gasteiger partial charge < -0.3 is 0 Å². The third kappa shape index (κ3) is 4.28. The van der Waals surface area contributed by atoms with Crippen LogP contribution in [0.2, 0.25) is 0 Å². The Morgan fingerprint density at radius 2 is 1.64 bits per heavy atom. The van der Waals surface area contributed by atoms with Crippen molar-refractivity contribution in [2.24, 2.45) is 0 Å². The maximum absolute atomic E-state index is 11.8. The van der Waals surface area contributed by atoms with Crippen LogP contribution in [0.4, 0.5) is 13.2 Å². The van der Waals surface area contributed by atoms with Crippen LogP contribution >= 0.6 is 12.4 Å². The van der Waals surface area contributed by atoms with Crippen molar-refractivity contribution in [2.75, 3.05) is 0 Å². The van der Waals surface area contributed by atoms with Gasteiger partial charge in [0.05, 0.1) is 0 Å². The molecule has 0 aliphatic carbocycles. The molecule has 0 radical (unpaired) electrons. The molecule has 78 valence electrons. The molecule has 0 aliphatic rings. The molecule has 1 nitrogen and oxygen atoms in total. The minimum Gasteiger partial charge on any atom is -0.294 e. The summed E-state index contributed by atoms with van der Waals surface area (Å²) in [4.78, 5) is 10.9. The Morgan fingerprint density at radius 3 is 2.07 bits per heavy atom. The summed E-state index contributed by atoms with van der Waals surface area (Å²) in [6.45, 7) is 0. The van der Waals surface area contributed by atoms with E-state index in [0.29, 0.717) is 0 Å². The number of halogens is 4. The maximum Gasteiger partial charge on any atom is 0.396 e. The van der Waals surface area contributed by atoms with Crippen molar-refractivity contribution in [3.63, 3.8) is 0 Å². The van der Waals surface area contributed by atoms with Gasteiger partial charge in [0.25, 0.3) is 0 Å². The summed E-state index contributed by atoms with van der Waals surface area (Å²) in [6, 6.07) is 7.44. The number of benzene rings is 1. The molecule has 14 heavy (non-hydrogen) atoms. The quantitative estimate of drug-likeness (QED) is 0.705. The van der Waals surface area contributed by atoms with Gasteiger partial charge in [-0.25, -0.2) is 0 Å². The number of rotatable bonds is 2. The molecular formula is C9H8ClF3O. The Hall–Kier alpha value is -1.03. The van der Waals surface area contributed by atoms with Gasteiger partial charge in [0, 0.05) is 5.56 Å². The summed E-state index contributed by atoms with van der Waals surface area (Å²) in [7, 11) is 0. The highest BCUT2D eigenvalue weighted by atomic mass is 35.5. The Labute approximate surface area is 85.3 Å². The summed E-state index contributed by atoms with van der Waals surface area (Å²) in [6.07, 6.45) is -5.82. The molecular weight excluding hydrogens is 217 g/mol. The lowest BCUT2D eigenvalue weighted by Gasteiger charge is -2.04. The average Bonchev–Trinajstić information content (AvgIpc) is 2.03. The zero-order chi connectivity index (χ0) is 9.90. The first-order valence-corrected chi connectivity index (χ1v) is 3.64. The predicted octanol–water partition coefficient (Wildman–Crippen LogP) is 3.24. The van der Waals surface area contributed by atoms with Crippen molar-refractivity contribution >= 4 is 18.2 Å². The molecule has 1 aromatic rings. The molecule has 0 saturated heterocycles. The Bertz CT molecular complexity index is 295. The van der Waals surface area contributed by atoms with Crippen molar-refractivity contribution in [1.29, 1.82) is 0 Å². The number of alkyl halides is 3. The van der Waals surface area contributed by atoms with Gasteiger partial charge in [-0.2, -0.15) is 13.2 Å². The van der Waals surface area contributed by atoms with E-state index >= 15 is 0 Å². The van der Waals surface area contributed by atoms with Crippen molar-refractivity contribution in [1.82, 2.24) is 0 Å². The lowest BCUT2D eigenvalue weighted by atomic mass is 10.1. The predicted molar refractivity (Wildman–Crippen MR) is 48.7 cm³/mol. The Kier molecular flexibility index (Phi) is 4.63. The third-order valence-corrected chi connectivity index (χ3v) is 1.46. The van der Waals surface area contributed by atoms with Crippen molar-refractivity contribution in [3.8, 4) is 0 Å². The number of ketones is 1. The van der Waals surface area contributed by atoms with Crippen LogP contribution in [0.25, 0.3) is 0 Å². The second-order valence-corrected chi connectivity index (χ2v) is 2.58. The molecule has 0 aromatic heterocycles. The first-order chi connectivity index (χ1) is 5.99. The average molecular weight is 225 g/mol. The van der Waals surface area contributed by atoms with E-state index in [9.17, 15) is 18.0 Å². The second-order valence-electron chi connectivity index (χ2n) is 2.58. The number of carbonyl (C=O) groups is 1. The SMILES string of the molecule is Cl.O=C(CC(F)(F)F)c1ccccc1. The van der Waals surface area contributed by atoms with Gasteiger partial charge in [-0.05, 0) is 0 Å². The van der Waals surface area contributed by atoms with Crippen LogP contribution < -0.4 is 0 Å². The fourth-order valence-electron chi connectivity index (χ4n) is 0.908. The van der Waals surface area contributed by atoms with Gasteiger partial charge in [-0.3, -0.25) is 4.79 Å². The second kappa shape index (κ2) is 5.00. The summed E-state index contributed by atoms with van der Waals surface area (Å²) >= 11 is 0. The number of Topliss-reactive ketones (excluding diaryl/α,β-unsaturated/α-hetero) is 1. The van der Waals surface area contributed by atoms with E-state index < -0.39 is 18.4 Å². The molecule has 0 amide bonds. The summed E-state index contributed by atoms with van der Waals surface area (Å²) in [5, 5.41) is 0. The largest absolute Gasteiger partial charge is 0.396 e. The minimum atomic E-state index is -4.42. The zero-order valence-corrected chi connectivity index (χ0v) is 7.86. The molecule has 0 spiro atoms. The molecule has 1 aromatic carbocycles. The van der Waals surface area contributed by atoms with E-state index in [1.54, 1.807) is 6.07 Å². The topological polar surface area (TPSA) is 17.1 Å². The molecule has 0 bridgehead atoms. The van der Waals surface area contributed by atoms with E-state index in [0.717, 1.165) is 0 Å². The lowest BCUT2D eigenvalue weighted by molar-refractivity contribution is -0.125. The molecule has 0 N–H and O–H groups in total. The van der Waals surface area contributed by atoms with Crippen LogP contribution in [0.3, 0.4) is 0 Å². The fourth-order valence-corrected chi connectivity index (χ4v) is 0.908. The number of hydrogen-bond acceptors (Lipinski definition) is 1. The first kappa shape index (κ1) is 13.0. The molecule has 1 rings (SSSR count). The van der Waals surface area contributed by atoms with E-state index in [2.05, 4.69) is 0 Å². The Balaban J connectivity index is 0.00000169. The fraction of sp³-hybridized carbons (Fsp3) is 0.222. The number of carbonyl (C=O) groups excluding carboxylic acids is 1. The first-order valence-electron chi connectivity index (χ1n) is 3.64. The van der Waals surface area contributed by atoms with Crippen LogP contribution in [0.1, 0.15) is 16.8 Å². The number of hydrogen-bond donors (Lipinski definition) is 0. The molecule has 0 unspecified atom stereocenters. The van der Waals surface area contributed by atoms with Crippen molar-refractivity contribution in [3.05, 3.63) is 35.9 Å². The molecule has 5 heteroatoms. The van der Waals surface area contributed by atoms with Crippen LogP contribution in [0.5, 0.6) is 0 Å². The Morgan fingerprint density at radius 1 is 1.14 bits per heavy atom. The van der Waals surface area contributed by atoms with E-state index in [-0.39, 0.29) is 18.0 Å². The van der Waals surface area contributed by atoms with Crippen LogP contribution in [0, 0.1) is 0 Å². The van der Waals surface area contributed by atoms with Gasteiger partial charge in [0.15, 0.2) is 5.78 Å². The summed E-state index contributed by atoms with van der Waals surface area (Å²) in [5.74, 6) is -0.895. The highest BCUT2D eigenvalue weighted by molar-refractivity contribution is 5.96. The van der Waals surface area contributed by atoms with Gasteiger partial charge >= 0.3 is 6.18 Å². The van der Waals surface area contributed by atoms with Crippen LogP contribution in [-0.4, -0.2) is 12.0 Å². The normalized spacial score (nSPS) is 10.5. The molecule has 0 atom stereocenters. The van der Waals surface area contributed by atoms with Crippen LogP contribution in [0.15, 0.2) is 30.3 Å². The van der Waals surface area contributed by atoms with Gasteiger partial charge in [-0.1, -0.05) is 30.3 Å². The maximum atomic E-state index is 11.8. The standard InChI is InChI=1S/C9H7F3O.ClH/c10-9(11,12)6-8(13)7-4-2-1-3-5-7;/h1-5H,6H2;1H.